The van der Waals surface area contributed by atoms with Gasteiger partial charge >= 0.3 is 0 Å². The van der Waals surface area contributed by atoms with E-state index in [0.29, 0.717) is 5.75 Å². The number of rotatable bonds is 7. The Morgan fingerprint density at radius 2 is 1.96 bits per heavy atom. The van der Waals surface area contributed by atoms with Crippen molar-refractivity contribution in [3.8, 4) is 5.75 Å². The normalized spacial score (nSPS) is 12.3. The van der Waals surface area contributed by atoms with Gasteiger partial charge in [0, 0.05) is 40.6 Å². The summed E-state index contributed by atoms with van der Waals surface area (Å²) >= 11 is 0. The quantitative estimate of drug-likeness (QED) is 0.834. The molecule has 0 heterocycles. The highest BCUT2D eigenvalue weighted by Gasteiger charge is 2.04. The Balaban J connectivity index is 2.01. The first kappa shape index (κ1) is 17.3. The van der Waals surface area contributed by atoms with Gasteiger partial charge in [0.15, 0.2) is 0 Å². The maximum Gasteiger partial charge on any atom is 0.126 e. The Morgan fingerprint density at radius 3 is 2.70 bits per heavy atom. The average molecular weight is 329 g/mol. The SMILES string of the molecule is COc1ccccc1C=CCNc1cccc(CS(C)=O)c1C. The highest BCUT2D eigenvalue weighted by molar-refractivity contribution is 7.83. The zero-order valence-corrected chi connectivity index (χ0v) is 14.7. The van der Waals surface area contributed by atoms with E-state index < -0.39 is 10.8 Å². The third kappa shape index (κ3) is 4.96. The Labute approximate surface area is 140 Å². The highest BCUT2D eigenvalue weighted by Crippen LogP contribution is 2.21. The zero-order chi connectivity index (χ0) is 16.7. The molecule has 2 aromatic carbocycles. The van der Waals surface area contributed by atoms with Crippen LogP contribution in [0.15, 0.2) is 48.5 Å². The maximum atomic E-state index is 11.4. The molecule has 0 aliphatic rings. The van der Waals surface area contributed by atoms with Gasteiger partial charge in [-0.2, -0.15) is 0 Å². The Hall–Kier alpha value is -2.07. The highest BCUT2D eigenvalue weighted by atomic mass is 32.2. The van der Waals surface area contributed by atoms with Gasteiger partial charge in [-0.3, -0.25) is 4.21 Å². The van der Waals surface area contributed by atoms with Crippen LogP contribution >= 0.6 is 0 Å². The smallest absolute Gasteiger partial charge is 0.126 e. The molecule has 1 N–H and O–H groups in total. The lowest BCUT2D eigenvalue weighted by atomic mass is 10.1. The number of hydrogen-bond donors (Lipinski definition) is 1. The van der Waals surface area contributed by atoms with Gasteiger partial charge in [-0.15, -0.1) is 0 Å². The van der Waals surface area contributed by atoms with Gasteiger partial charge < -0.3 is 10.1 Å². The van der Waals surface area contributed by atoms with Gasteiger partial charge in [-0.05, 0) is 30.2 Å². The number of methoxy groups -OCH3 is 1. The first-order valence-electron chi connectivity index (χ1n) is 7.53. The summed E-state index contributed by atoms with van der Waals surface area (Å²) < 4.78 is 16.8. The van der Waals surface area contributed by atoms with Gasteiger partial charge in [0.25, 0.3) is 0 Å². The molecule has 0 bridgehead atoms. The molecular weight excluding hydrogens is 306 g/mol. The van der Waals surface area contributed by atoms with Crippen molar-refractivity contribution in [1.82, 2.24) is 0 Å². The van der Waals surface area contributed by atoms with Crippen molar-refractivity contribution in [1.29, 1.82) is 0 Å². The van der Waals surface area contributed by atoms with Crippen LogP contribution < -0.4 is 10.1 Å². The lowest BCUT2D eigenvalue weighted by Gasteiger charge is -2.11. The number of ether oxygens (including phenoxy) is 1. The molecule has 0 fully saturated rings. The van der Waals surface area contributed by atoms with Gasteiger partial charge in [-0.25, -0.2) is 0 Å². The van der Waals surface area contributed by atoms with Gasteiger partial charge in [0.2, 0.25) is 0 Å². The predicted octanol–water partition coefficient (Wildman–Crippen LogP) is 4.01. The van der Waals surface area contributed by atoms with Crippen LogP contribution in [0.2, 0.25) is 0 Å². The third-order valence-corrected chi connectivity index (χ3v) is 4.37. The van der Waals surface area contributed by atoms with Crippen molar-refractivity contribution in [2.24, 2.45) is 0 Å². The fourth-order valence-electron chi connectivity index (χ4n) is 2.41. The second-order valence-corrected chi connectivity index (χ2v) is 6.77. The van der Waals surface area contributed by atoms with E-state index in [2.05, 4.69) is 18.3 Å². The molecule has 23 heavy (non-hydrogen) atoms. The summed E-state index contributed by atoms with van der Waals surface area (Å²) in [7, 11) is 0.851. The summed E-state index contributed by atoms with van der Waals surface area (Å²) in [6.45, 7) is 2.78. The molecule has 0 saturated carbocycles. The van der Waals surface area contributed by atoms with Gasteiger partial charge in [-0.1, -0.05) is 42.5 Å². The fourth-order valence-corrected chi connectivity index (χ4v) is 3.16. The van der Waals surface area contributed by atoms with Crippen LogP contribution in [0.1, 0.15) is 16.7 Å². The molecule has 2 aromatic rings. The first-order chi connectivity index (χ1) is 11.1. The summed E-state index contributed by atoms with van der Waals surface area (Å²) in [6, 6.07) is 14.0. The van der Waals surface area contributed by atoms with Crippen molar-refractivity contribution in [3.63, 3.8) is 0 Å². The summed E-state index contributed by atoms with van der Waals surface area (Å²) in [5, 5.41) is 3.41. The molecule has 1 atom stereocenters. The first-order valence-corrected chi connectivity index (χ1v) is 9.26. The summed E-state index contributed by atoms with van der Waals surface area (Å²) in [5.41, 5.74) is 4.43. The van der Waals surface area contributed by atoms with Crippen LogP contribution in [0.5, 0.6) is 5.75 Å². The lowest BCUT2D eigenvalue weighted by molar-refractivity contribution is 0.414. The van der Waals surface area contributed by atoms with Crippen molar-refractivity contribution in [2.75, 3.05) is 25.2 Å². The number of nitrogens with one attached hydrogen (secondary N) is 1. The average Bonchev–Trinajstić information content (AvgIpc) is 2.54. The second kappa shape index (κ2) is 8.53. The minimum atomic E-state index is -0.827. The summed E-state index contributed by atoms with van der Waals surface area (Å²) in [5.74, 6) is 1.46. The number of hydrogen-bond acceptors (Lipinski definition) is 3. The molecule has 122 valence electrons. The van der Waals surface area contributed by atoms with E-state index in [1.165, 1.54) is 0 Å². The van der Waals surface area contributed by atoms with Crippen molar-refractivity contribution in [2.45, 2.75) is 12.7 Å². The lowest BCUT2D eigenvalue weighted by Crippen LogP contribution is -2.03. The molecule has 1 unspecified atom stereocenters. The van der Waals surface area contributed by atoms with E-state index >= 15 is 0 Å². The second-order valence-electron chi connectivity index (χ2n) is 5.33. The van der Waals surface area contributed by atoms with E-state index in [1.807, 2.05) is 48.5 Å². The third-order valence-electron chi connectivity index (χ3n) is 3.65. The molecule has 0 amide bonds. The van der Waals surface area contributed by atoms with Crippen molar-refractivity contribution in [3.05, 3.63) is 65.2 Å². The molecular formula is C19H23NO2S. The predicted molar refractivity (Wildman–Crippen MR) is 99.5 cm³/mol. The van der Waals surface area contributed by atoms with Crippen LogP contribution in [0, 0.1) is 6.92 Å². The Bertz CT molecular complexity index is 710. The molecule has 0 radical (unpaired) electrons. The number of anilines is 1. The topological polar surface area (TPSA) is 38.3 Å². The molecule has 0 spiro atoms. The molecule has 4 heteroatoms. The maximum absolute atomic E-state index is 11.4. The van der Waals surface area contributed by atoms with E-state index in [4.69, 9.17) is 4.74 Å². The standard InChI is InChI=1S/C19H23NO2S/c1-15-17(14-23(3)21)9-6-11-18(15)20-13-7-10-16-8-4-5-12-19(16)22-2/h4-12,20H,13-14H2,1-3H3. The minimum Gasteiger partial charge on any atom is -0.496 e. The van der Waals surface area contributed by atoms with Crippen LogP contribution in [0.4, 0.5) is 5.69 Å². The molecule has 0 aliphatic heterocycles. The molecule has 0 aromatic heterocycles. The minimum absolute atomic E-state index is 0.596. The number of benzene rings is 2. The van der Waals surface area contributed by atoms with Crippen LogP contribution in [0.3, 0.4) is 0 Å². The van der Waals surface area contributed by atoms with Gasteiger partial charge in [0.1, 0.15) is 5.75 Å². The molecule has 2 rings (SSSR count). The van der Waals surface area contributed by atoms with Crippen LogP contribution in [-0.2, 0) is 16.6 Å². The van der Waals surface area contributed by atoms with E-state index in [1.54, 1.807) is 13.4 Å². The monoisotopic (exact) mass is 329 g/mol. The summed E-state index contributed by atoms with van der Waals surface area (Å²) in [4.78, 5) is 0. The Morgan fingerprint density at radius 1 is 1.17 bits per heavy atom. The van der Waals surface area contributed by atoms with Crippen molar-refractivity contribution < 1.29 is 8.95 Å². The molecule has 0 aliphatic carbocycles. The Kier molecular flexibility index (Phi) is 6.41. The van der Waals surface area contributed by atoms with Crippen LogP contribution in [-0.4, -0.2) is 24.1 Å². The van der Waals surface area contributed by atoms with E-state index in [9.17, 15) is 4.21 Å². The van der Waals surface area contributed by atoms with E-state index in [0.717, 1.165) is 34.7 Å². The number of para-hydroxylation sites is 1. The largest absolute Gasteiger partial charge is 0.496 e. The molecule has 3 nitrogen and oxygen atoms in total. The molecule has 0 saturated heterocycles. The van der Waals surface area contributed by atoms with Crippen molar-refractivity contribution >= 4 is 22.6 Å². The van der Waals surface area contributed by atoms with Gasteiger partial charge in [0.05, 0.1) is 7.11 Å². The fraction of sp³-hybridized carbons (Fsp3) is 0.263. The summed E-state index contributed by atoms with van der Waals surface area (Å²) in [6.07, 6.45) is 5.85. The zero-order valence-electron chi connectivity index (χ0n) is 13.8. The van der Waals surface area contributed by atoms with E-state index in [-0.39, 0.29) is 0 Å². The van der Waals surface area contributed by atoms with Crippen LogP contribution in [0.25, 0.3) is 6.08 Å².